The number of carbonyl (C=O) groups is 3. The lowest BCUT2D eigenvalue weighted by Gasteiger charge is -2.71. The lowest BCUT2D eigenvalue weighted by atomic mass is 9.34. The van der Waals surface area contributed by atoms with E-state index in [9.17, 15) is 24.6 Å². The van der Waals surface area contributed by atoms with Gasteiger partial charge < -0.3 is 28.8 Å². The summed E-state index contributed by atoms with van der Waals surface area (Å²) in [5.41, 5.74) is -9.05. The van der Waals surface area contributed by atoms with Gasteiger partial charge in [-0.1, -0.05) is 20.8 Å². The van der Waals surface area contributed by atoms with E-state index >= 15 is 0 Å². The Hall–Kier alpha value is -2.23. The van der Waals surface area contributed by atoms with Crippen LogP contribution in [0.5, 0.6) is 0 Å². The number of hydrogen-bond acceptors (Lipinski definition) is 9. The first-order valence-corrected chi connectivity index (χ1v) is 13.1. The molecule has 1 spiro atoms. The van der Waals surface area contributed by atoms with Crippen molar-refractivity contribution in [2.75, 3.05) is 7.11 Å². The topological polar surface area (TPSA) is 132 Å². The molecule has 5 aliphatic rings. The lowest BCUT2D eigenvalue weighted by molar-refractivity contribution is -0.363. The maximum absolute atomic E-state index is 14.3. The zero-order valence-corrected chi connectivity index (χ0v) is 22.3. The van der Waals surface area contributed by atoms with Crippen LogP contribution >= 0.6 is 0 Å². The van der Waals surface area contributed by atoms with E-state index in [1.54, 1.807) is 13.0 Å². The summed E-state index contributed by atoms with van der Waals surface area (Å²) in [5.74, 6) is -2.49. The third-order valence-electron chi connectivity index (χ3n) is 12.0. The fraction of sp³-hybridized carbons (Fsp3) is 0.750. The number of methoxy groups -OCH3 is 1. The lowest BCUT2D eigenvalue weighted by Crippen LogP contribution is -2.84. The monoisotopic (exact) mass is 516 g/mol. The standard InChI is InChI=1S/C28H36O9/c1-22(2)17(11-18(29)34-6)24(4)20(31)16-12-28(37-25(16,22)5)26(24,32)9-8-23(3)21(15-7-10-35-14-15)36-19(30)13-27(23,28)33/h7,10,14,16-17,21,32-33H,8-9,11-13H2,1-6H3. The predicted molar refractivity (Wildman–Crippen MR) is 127 cm³/mol. The molecule has 9 nitrogen and oxygen atoms in total. The highest BCUT2D eigenvalue weighted by atomic mass is 16.6. The van der Waals surface area contributed by atoms with Crippen LogP contribution in [0.1, 0.15) is 78.4 Å². The Labute approximate surface area is 215 Å². The molecule has 9 heteroatoms. The summed E-state index contributed by atoms with van der Waals surface area (Å²) in [6.07, 6.45) is 2.16. The number of rotatable bonds is 3. The van der Waals surface area contributed by atoms with E-state index in [-0.39, 0.29) is 37.9 Å². The molecule has 9 unspecified atom stereocenters. The van der Waals surface area contributed by atoms with Crippen molar-refractivity contribution in [3.63, 3.8) is 0 Å². The molecule has 0 radical (unpaired) electrons. The Kier molecular flexibility index (Phi) is 4.64. The van der Waals surface area contributed by atoms with E-state index in [2.05, 4.69) is 0 Å². The van der Waals surface area contributed by atoms with Crippen molar-refractivity contribution < 1.29 is 43.2 Å². The SMILES string of the molecule is COC(=O)CC1C(C)(C)C2(C)OC34CC2C(=O)C1(C)C3(O)CCC1(C)C(c2ccoc2)OC(=O)CC14O. The third kappa shape index (κ3) is 2.34. The van der Waals surface area contributed by atoms with Gasteiger partial charge in [-0.15, -0.1) is 0 Å². The molecule has 1 aromatic heterocycles. The summed E-state index contributed by atoms with van der Waals surface area (Å²) in [4.78, 5) is 40.0. The number of aliphatic hydroxyl groups is 2. The Morgan fingerprint density at radius 3 is 2.43 bits per heavy atom. The van der Waals surface area contributed by atoms with Crippen LogP contribution in [0.25, 0.3) is 0 Å². The number of Topliss-reactive ketones (excluding diaryl/α,β-unsaturated/α-hetero) is 1. The maximum Gasteiger partial charge on any atom is 0.309 e. The smallest absolute Gasteiger partial charge is 0.309 e. The molecule has 3 bridgehead atoms. The second-order valence-corrected chi connectivity index (χ2v) is 13.2. The molecule has 3 saturated carbocycles. The highest BCUT2D eigenvalue weighted by Gasteiger charge is 2.91. The van der Waals surface area contributed by atoms with Gasteiger partial charge in [0.05, 0.1) is 43.0 Å². The van der Waals surface area contributed by atoms with Crippen molar-refractivity contribution >= 4 is 17.7 Å². The van der Waals surface area contributed by atoms with Crippen LogP contribution in [0.15, 0.2) is 23.0 Å². The van der Waals surface area contributed by atoms with Crippen LogP contribution in [0.4, 0.5) is 0 Å². The van der Waals surface area contributed by atoms with E-state index in [1.807, 2.05) is 27.7 Å². The van der Waals surface area contributed by atoms with Gasteiger partial charge in [-0.2, -0.15) is 0 Å². The molecule has 202 valence electrons. The summed E-state index contributed by atoms with van der Waals surface area (Å²) < 4.78 is 23.1. The Morgan fingerprint density at radius 2 is 1.81 bits per heavy atom. The molecule has 2 N–H and O–H groups in total. The van der Waals surface area contributed by atoms with Gasteiger partial charge in [-0.25, -0.2) is 0 Å². The molecular weight excluding hydrogens is 480 g/mol. The second-order valence-electron chi connectivity index (χ2n) is 13.2. The summed E-state index contributed by atoms with van der Waals surface area (Å²) >= 11 is 0. The molecule has 3 aliphatic carbocycles. The molecule has 6 rings (SSSR count). The Bertz CT molecular complexity index is 1210. The number of furan rings is 1. The maximum atomic E-state index is 14.3. The van der Waals surface area contributed by atoms with Crippen molar-refractivity contribution in [3.8, 4) is 0 Å². The van der Waals surface area contributed by atoms with Crippen LogP contribution in [0.3, 0.4) is 0 Å². The zero-order chi connectivity index (χ0) is 27.0. The van der Waals surface area contributed by atoms with Gasteiger partial charge in [0.2, 0.25) is 0 Å². The first-order chi connectivity index (χ1) is 17.1. The van der Waals surface area contributed by atoms with Gasteiger partial charge in [0, 0.05) is 17.4 Å². The first kappa shape index (κ1) is 25.1. The fourth-order valence-electron chi connectivity index (χ4n) is 9.59. The average molecular weight is 517 g/mol. The summed E-state index contributed by atoms with van der Waals surface area (Å²) in [6, 6.07) is 1.71. The summed E-state index contributed by atoms with van der Waals surface area (Å²) in [6.45, 7) is 9.36. The van der Waals surface area contributed by atoms with Gasteiger partial charge in [0.15, 0.2) is 0 Å². The van der Waals surface area contributed by atoms with Gasteiger partial charge in [0.25, 0.3) is 0 Å². The van der Waals surface area contributed by atoms with Crippen LogP contribution in [0, 0.1) is 28.1 Å². The first-order valence-electron chi connectivity index (χ1n) is 13.1. The van der Waals surface area contributed by atoms with Gasteiger partial charge in [-0.3, -0.25) is 14.4 Å². The highest BCUT2D eigenvalue weighted by Crippen LogP contribution is 2.80. The van der Waals surface area contributed by atoms with E-state index in [0.29, 0.717) is 5.56 Å². The molecule has 0 amide bonds. The molecule has 37 heavy (non-hydrogen) atoms. The van der Waals surface area contributed by atoms with Gasteiger partial charge in [-0.05, 0) is 50.5 Å². The normalized spacial score (nSPS) is 51.3. The minimum Gasteiger partial charge on any atom is -0.472 e. The van der Waals surface area contributed by atoms with Crippen molar-refractivity contribution in [3.05, 3.63) is 24.2 Å². The molecule has 5 fully saturated rings. The number of cyclic esters (lactones) is 1. The number of ketones is 1. The third-order valence-corrected chi connectivity index (χ3v) is 12.0. The van der Waals surface area contributed by atoms with Crippen molar-refractivity contribution in [1.29, 1.82) is 0 Å². The molecule has 2 aliphatic heterocycles. The molecule has 9 atom stereocenters. The van der Waals surface area contributed by atoms with Gasteiger partial charge in [0.1, 0.15) is 28.7 Å². The summed E-state index contributed by atoms with van der Waals surface area (Å²) in [5, 5.41) is 25.8. The highest BCUT2D eigenvalue weighted by molar-refractivity contribution is 5.94. The zero-order valence-electron chi connectivity index (χ0n) is 22.3. The second kappa shape index (κ2) is 6.85. The largest absolute Gasteiger partial charge is 0.472 e. The molecule has 2 saturated heterocycles. The molecule has 1 aromatic rings. The van der Waals surface area contributed by atoms with E-state index in [1.165, 1.54) is 19.6 Å². The minimum atomic E-state index is -1.86. The van der Waals surface area contributed by atoms with Crippen LogP contribution in [-0.4, -0.2) is 57.4 Å². The quantitative estimate of drug-likeness (QED) is 0.582. The van der Waals surface area contributed by atoms with Crippen molar-refractivity contribution in [1.82, 2.24) is 0 Å². The Balaban J connectivity index is 1.62. The number of hydrogen-bond donors (Lipinski definition) is 2. The van der Waals surface area contributed by atoms with Gasteiger partial charge >= 0.3 is 11.9 Å². The number of esters is 2. The minimum absolute atomic E-state index is 0.0782. The van der Waals surface area contributed by atoms with Crippen molar-refractivity contribution in [2.24, 2.45) is 28.1 Å². The molecule has 3 heterocycles. The number of ether oxygens (including phenoxy) is 3. The van der Waals surface area contributed by atoms with Crippen LogP contribution in [0.2, 0.25) is 0 Å². The fourth-order valence-corrected chi connectivity index (χ4v) is 9.59. The molecular formula is C28H36O9. The van der Waals surface area contributed by atoms with E-state index in [0.717, 1.165) is 0 Å². The average Bonchev–Trinajstić information content (AvgIpc) is 3.47. The van der Waals surface area contributed by atoms with Crippen LogP contribution in [-0.2, 0) is 28.6 Å². The Morgan fingerprint density at radius 1 is 1.11 bits per heavy atom. The summed E-state index contributed by atoms with van der Waals surface area (Å²) in [7, 11) is 1.30. The van der Waals surface area contributed by atoms with Crippen molar-refractivity contribution in [2.45, 2.75) is 95.2 Å². The number of carbonyl (C=O) groups excluding carboxylic acids is 3. The van der Waals surface area contributed by atoms with Crippen LogP contribution < -0.4 is 0 Å². The molecule has 0 aromatic carbocycles. The van der Waals surface area contributed by atoms with E-state index < -0.39 is 68.5 Å². The van der Waals surface area contributed by atoms with E-state index in [4.69, 9.17) is 18.6 Å². The number of fused-ring (bicyclic) bond motifs is 3. The predicted octanol–water partition coefficient (Wildman–Crippen LogP) is 2.87.